The summed E-state index contributed by atoms with van der Waals surface area (Å²) in [6.07, 6.45) is -0.445. The number of aryl methyl sites for hydroxylation is 2. The van der Waals surface area contributed by atoms with Crippen LogP contribution in [0.3, 0.4) is 0 Å². The fraction of sp³-hybridized carbons (Fsp3) is 0.500. The number of ether oxygens (including phenoxy) is 2. The number of hydrogen-bond donors (Lipinski definition) is 1. The summed E-state index contributed by atoms with van der Waals surface area (Å²) in [5.74, 6) is -0.117. The van der Waals surface area contributed by atoms with E-state index < -0.39 is 6.29 Å². The van der Waals surface area contributed by atoms with Crippen molar-refractivity contribution in [1.82, 2.24) is 5.32 Å². The molecule has 4 nitrogen and oxygen atoms in total. The third kappa shape index (κ3) is 3.82. The van der Waals surface area contributed by atoms with Gasteiger partial charge in [-0.25, -0.2) is 0 Å². The van der Waals surface area contributed by atoms with Crippen LogP contribution in [-0.2, 0) is 9.47 Å². The summed E-state index contributed by atoms with van der Waals surface area (Å²) in [6, 6.07) is 5.55. The average molecular weight is 251 g/mol. The van der Waals surface area contributed by atoms with Crippen molar-refractivity contribution in [1.29, 1.82) is 0 Å². The zero-order valence-corrected chi connectivity index (χ0v) is 11.6. The van der Waals surface area contributed by atoms with Gasteiger partial charge in [0.2, 0.25) is 0 Å². The molecule has 0 aliphatic carbocycles. The molecule has 0 heterocycles. The van der Waals surface area contributed by atoms with E-state index in [1.54, 1.807) is 14.2 Å². The Morgan fingerprint density at radius 1 is 1.11 bits per heavy atom. The predicted molar refractivity (Wildman–Crippen MR) is 70.7 cm³/mol. The van der Waals surface area contributed by atoms with Gasteiger partial charge in [0.05, 0.1) is 6.04 Å². The van der Waals surface area contributed by atoms with E-state index in [9.17, 15) is 4.79 Å². The quantitative estimate of drug-likeness (QED) is 0.815. The summed E-state index contributed by atoms with van der Waals surface area (Å²) in [5.41, 5.74) is 2.80. The molecule has 4 heteroatoms. The first-order chi connectivity index (χ1) is 8.47. The predicted octanol–water partition coefficient (Wildman–Crippen LogP) is 2.04. The van der Waals surface area contributed by atoms with Gasteiger partial charge in [-0.2, -0.15) is 0 Å². The second-order valence-electron chi connectivity index (χ2n) is 4.48. The second kappa shape index (κ2) is 6.52. The minimum absolute atomic E-state index is 0.117. The summed E-state index contributed by atoms with van der Waals surface area (Å²) >= 11 is 0. The molecule has 0 bridgehead atoms. The number of hydrogen-bond acceptors (Lipinski definition) is 3. The van der Waals surface area contributed by atoms with Crippen molar-refractivity contribution in [3.05, 3.63) is 34.9 Å². The van der Waals surface area contributed by atoms with Gasteiger partial charge in [0.25, 0.3) is 5.91 Å². The van der Waals surface area contributed by atoms with E-state index in [-0.39, 0.29) is 11.9 Å². The standard InChI is InChI=1S/C14H21NO3/c1-9-6-10(2)8-12(7-9)13(16)15-11(3)14(17-4)18-5/h6-8,11,14H,1-5H3,(H,15,16). The van der Waals surface area contributed by atoms with Gasteiger partial charge < -0.3 is 14.8 Å². The van der Waals surface area contributed by atoms with Crippen LogP contribution in [0.5, 0.6) is 0 Å². The van der Waals surface area contributed by atoms with E-state index in [1.165, 1.54) is 0 Å². The molecule has 1 N–H and O–H groups in total. The minimum atomic E-state index is -0.445. The van der Waals surface area contributed by atoms with Crippen molar-refractivity contribution >= 4 is 5.91 Å². The van der Waals surface area contributed by atoms with Gasteiger partial charge in [0.15, 0.2) is 6.29 Å². The van der Waals surface area contributed by atoms with Gasteiger partial charge in [0, 0.05) is 19.8 Å². The van der Waals surface area contributed by atoms with E-state index in [2.05, 4.69) is 5.32 Å². The molecular weight excluding hydrogens is 230 g/mol. The Kier molecular flexibility index (Phi) is 5.31. The highest BCUT2D eigenvalue weighted by atomic mass is 16.7. The van der Waals surface area contributed by atoms with Gasteiger partial charge in [0.1, 0.15) is 0 Å². The molecule has 0 saturated heterocycles. The zero-order valence-electron chi connectivity index (χ0n) is 11.6. The van der Waals surface area contributed by atoms with E-state index in [0.717, 1.165) is 11.1 Å². The van der Waals surface area contributed by atoms with Crippen LogP contribution >= 0.6 is 0 Å². The first-order valence-electron chi connectivity index (χ1n) is 5.92. The zero-order chi connectivity index (χ0) is 13.7. The third-order valence-electron chi connectivity index (χ3n) is 2.72. The fourth-order valence-corrected chi connectivity index (χ4v) is 1.97. The van der Waals surface area contributed by atoms with Crippen LogP contribution in [0.4, 0.5) is 0 Å². The number of nitrogens with one attached hydrogen (secondary N) is 1. The van der Waals surface area contributed by atoms with Crippen LogP contribution in [0, 0.1) is 13.8 Å². The van der Waals surface area contributed by atoms with Gasteiger partial charge in [-0.3, -0.25) is 4.79 Å². The number of amides is 1. The summed E-state index contributed by atoms with van der Waals surface area (Å²) in [7, 11) is 3.10. The van der Waals surface area contributed by atoms with Crippen LogP contribution in [0.25, 0.3) is 0 Å². The first-order valence-corrected chi connectivity index (χ1v) is 5.92. The summed E-state index contributed by atoms with van der Waals surface area (Å²) in [4.78, 5) is 12.1. The van der Waals surface area contributed by atoms with Crippen LogP contribution in [0.15, 0.2) is 18.2 Å². The molecule has 18 heavy (non-hydrogen) atoms. The monoisotopic (exact) mass is 251 g/mol. The van der Waals surface area contributed by atoms with Crippen molar-refractivity contribution in [2.75, 3.05) is 14.2 Å². The maximum atomic E-state index is 12.1. The Morgan fingerprint density at radius 2 is 1.61 bits per heavy atom. The summed E-state index contributed by atoms with van der Waals surface area (Å²) in [6.45, 7) is 5.79. The number of rotatable bonds is 5. The molecule has 0 aliphatic rings. The lowest BCUT2D eigenvalue weighted by molar-refractivity contribution is -0.117. The highest BCUT2D eigenvalue weighted by Gasteiger charge is 2.18. The lowest BCUT2D eigenvalue weighted by Crippen LogP contribution is -2.42. The van der Waals surface area contributed by atoms with Crippen LogP contribution < -0.4 is 5.32 Å². The average Bonchev–Trinajstić information content (AvgIpc) is 2.29. The van der Waals surface area contributed by atoms with Crippen molar-refractivity contribution in [2.24, 2.45) is 0 Å². The topological polar surface area (TPSA) is 47.6 Å². The van der Waals surface area contributed by atoms with Gasteiger partial charge in [-0.05, 0) is 32.9 Å². The van der Waals surface area contributed by atoms with E-state index in [0.29, 0.717) is 5.56 Å². The summed E-state index contributed by atoms with van der Waals surface area (Å²) < 4.78 is 10.2. The van der Waals surface area contributed by atoms with E-state index in [1.807, 2.05) is 39.0 Å². The Labute approximate surface area is 108 Å². The fourth-order valence-electron chi connectivity index (χ4n) is 1.97. The molecule has 1 atom stereocenters. The maximum Gasteiger partial charge on any atom is 0.251 e. The van der Waals surface area contributed by atoms with Crippen LogP contribution in [0.2, 0.25) is 0 Å². The largest absolute Gasteiger partial charge is 0.354 e. The molecule has 0 aromatic heterocycles. The molecular formula is C14H21NO3. The van der Waals surface area contributed by atoms with Gasteiger partial charge in [-0.1, -0.05) is 17.2 Å². The van der Waals surface area contributed by atoms with Crippen molar-refractivity contribution in [3.63, 3.8) is 0 Å². The SMILES string of the molecule is COC(OC)C(C)NC(=O)c1cc(C)cc(C)c1. The smallest absolute Gasteiger partial charge is 0.251 e. The lowest BCUT2D eigenvalue weighted by Gasteiger charge is -2.22. The number of carbonyl (C=O) groups excluding carboxylic acids is 1. The molecule has 1 aromatic carbocycles. The summed E-state index contributed by atoms with van der Waals surface area (Å²) in [5, 5.41) is 2.86. The highest BCUT2D eigenvalue weighted by molar-refractivity contribution is 5.94. The van der Waals surface area contributed by atoms with Crippen molar-refractivity contribution < 1.29 is 14.3 Å². The minimum Gasteiger partial charge on any atom is -0.354 e. The molecule has 1 rings (SSSR count). The number of methoxy groups -OCH3 is 2. The Bertz CT molecular complexity index is 393. The van der Waals surface area contributed by atoms with Crippen LogP contribution in [0.1, 0.15) is 28.4 Å². The molecule has 1 unspecified atom stereocenters. The molecule has 1 amide bonds. The molecule has 0 radical (unpaired) electrons. The molecule has 0 saturated carbocycles. The van der Waals surface area contributed by atoms with E-state index >= 15 is 0 Å². The first kappa shape index (κ1) is 14.7. The second-order valence-corrected chi connectivity index (χ2v) is 4.48. The molecule has 1 aromatic rings. The third-order valence-corrected chi connectivity index (χ3v) is 2.72. The molecule has 0 fully saturated rings. The Morgan fingerprint density at radius 3 is 2.06 bits per heavy atom. The van der Waals surface area contributed by atoms with Crippen molar-refractivity contribution in [3.8, 4) is 0 Å². The highest BCUT2D eigenvalue weighted by Crippen LogP contribution is 2.09. The van der Waals surface area contributed by atoms with Crippen molar-refractivity contribution in [2.45, 2.75) is 33.1 Å². The normalized spacial score (nSPS) is 12.6. The van der Waals surface area contributed by atoms with Crippen LogP contribution in [-0.4, -0.2) is 32.5 Å². The lowest BCUT2D eigenvalue weighted by atomic mass is 10.1. The maximum absolute atomic E-state index is 12.1. The number of carbonyl (C=O) groups is 1. The Balaban J connectivity index is 2.76. The van der Waals surface area contributed by atoms with Gasteiger partial charge >= 0.3 is 0 Å². The van der Waals surface area contributed by atoms with E-state index in [4.69, 9.17) is 9.47 Å². The number of benzene rings is 1. The van der Waals surface area contributed by atoms with Gasteiger partial charge in [-0.15, -0.1) is 0 Å². The molecule has 0 spiro atoms. The Hall–Kier alpha value is -1.39. The molecule has 0 aliphatic heterocycles. The molecule has 100 valence electrons.